The van der Waals surface area contributed by atoms with Crippen LogP contribution in [-0.2, 0) is 4.18 Å². The maximum Gasteiger partial charge on any atom is 0.119 e. The third-order valence-corrected chi connectivity index (χ3v) is 4.44. The molecule has 0 saturated heterocycles. The van der Waals surface area contributed by atoms with Crippen molar-refractivity contribution in [3.8, 4) is 5.75 Å². The van der Waals surface area contributed by atoms with Crippen LogP contribution in [0.2, 0.25) is 0 Å². The highest BCUT2D eigenvalue weighted by molar-refractivity contribution is 7.94. The molecule has 0 aliphatic heterocycles. The Morgan fingerprint density at radius 3 is 2.24 bits per heavy atom. The molecule has 0 N–H and O–H groups in total. The van der Waals surface area contributed by atoms with E-state index < -0.39 is 0 Å². The molecule has 3 heteroatoms. The van der Waals surface area contributed by atoms with Crippen LogP contribution in [0.3, 0.4) is 0 Å². The third kappa shape index (κ3) is 7.77. The Labute approximate surface area is 134 Å². The lowest BCUT2D eigenvalue weighted by Gasteiger charge is -2.21. The molecule has 0 aliphatic carbocycles. The molecule has 120 valence electrons. The van der Waals surface area contributed by atoms with Crippen molar-refractivity contribution in [3.05, 3.63) is 24.3 Å². The second kappa shape index (κ2) is 10.1. The molecule has 2 nitrogen and oxygen atoms in total. The van der Waals surface area contributed by atoms with E-state index in [0.29, 0.717) is 11.8 Å². The van der Waals surface area contributed by atoms with Crippen LogP contribution in [0.5, 0.6) is 5.75 Å². The second-order valence-electron chi connectivity index (χ2n) is 6.16. The van der Waals surface area contributed by atoms with Gasteiger partial charge in [-0.15, -0.1) is 0 Å². The van der Waals surface area contributed by atoms with Gasteiger partial charge in [0.15, 0.2) is 0 Å². The zero-order valence-electron chi connectivity index (χ0n) is 14.1. The van der Waals surface area contributed by atoms with Crippen LogP contribution < -0.4 is 4.74 Å². The molecule has 0 radical (unpaired) electrons. The molecular formula is C18H30O2S. The van der Waals surface area contributed by atoms with Crippen LogP contribution in [-0.4, -0.2) is 12.7 Å². The smallest absolute Gasteiger partial charge is 0.119 e. The van der Waals surface area contributed by atoms with Gasteiger partial charge in [-0.3, -0.25) is 0 Å². The third-order valence-electron chi connectivity index (χ3n) is 3.50. The Morgan fingerprint density at radius 2 is 1.71 bits per heavy atom. The van der Waals surface area contributed by atoms with Crippen LogP contribution in [0.25, 0.3) is 0 Å². The Balaban J connectivity index is 2.43. The van der Waals surface area contributed by atoms with Gasteiger partial charge in [-0.2, -0.15) is 0 Å². The van der Waals surface area contributed by atoms with E-state index in [1.807, 2.05) is 26.0 Å². The number of hydrogen-bond acceptors (Lipinski definition) is 3. The number of ether oxygens (including phenoxy) is 1. The quantitative estimate of drug-likeness (QED) is 0.497. The number of benzene rings is 1. The molecule has 1 atom stereocenters. The number of rotatable bonds is 10. The van der Waals surface area contributed by atoms with E-state index in [4.69, 9.17) is 8.92 Å². The van der Waals surface area contributed by atoms with Crippen molar-refractivity contribution in [2.45, 2.75) is 64.9 Å². The Hall–Kier alpha value is -0.670. The first kappa shape index (κ1) is 18.4. The fourth-order valence-corrected chi connectivity index (χ4v) is 2.57. The fraction of sp³-hybridized carbons (Fsp3) is 0.667. The predicted octanol–water partition coefficient (Wildman–Crippen LogP) is 5.96. The predicted molar refractivity (Wildman–Crippen MR) is 91.9 cm³/mol. The van der Waals surface area contributed by atoms with Crippen molar-refractivity contribution in [3.63, 3.8) is 0 Å². The van der Waals surface area contributed by atoms with E-state index in [-0.39, 0.29) is 6.10 Å². The average molecular weight is 311 g/mol. The highest BCUT2D eigenvalue weighted by Gasteiger charge is 2.13. The first-order chi connectivity index (χ1) is 10.0. The van der Waals surface area contributed by atoms with Gasteiger partial charge in [0.25, 0.3) is 0 Å². The Kier molecular flexibility index (Phi) is 8.86. The van der Waals surface area contributed by atoms with Crippen LogP contribution in [0.15, 0.2) is 29.2 Å². The molecule has 0 amide bonds. The molecule has 0 bridgehead atoms. The van der Waals surface area contributed by atoms with Gasteiger partial charge >= 0.3 is 0 Å². The van der Waals surface area contributed by atoms with E-state index >= 15 is 0 Å². The van der Waals surface area contributed by atoms with Gasteiger partial charge in [-0.05, 0) is 56.4 Å². The van der Waals surface area contributed by atoms with Crippen molar-refractivity contribution in [1.82, 2.24) is 0 Å². The maximum absolute atomic E-state index is 5.96. The first-order valence-electron chi connectivity index (χ1n) is 8.09. The summed E-state index contributed by atoms with van der Waals surface area (Å²) in [6, 6.07) is 8.17. The summed E-state index contributed by atoms with van der Waals surface area (Å²) < 4.78 is 11.5. The van der Waals surface area contributed by atoms with E-state index in [9.17, 15) is 0 Å². The minimum absolute atomic E-state index is 0.233. The van der Waals surface area contributed by atoms with Gasteiger partial charge < -0.3 is 8.92 Å². The van der Waals surface area contributed by atoms with Crippen molar-refractivity contribution in [2.24, 2.45) is 11.8 Å². The SMILES string of the molecule is CCCCC(COc1ccc(SOC(C)C)cc1)C(C)C. The topological polar surface area (TPSA) is 18.5 Å². The van der Waals surface area contributed by atoms with Gasteiger partial charge in [0.05, 0.1) is 12.7 Å². The van der Waals surface area contributed by atoms with Gasteiger partial charge in [0.1, 0.15) is 5.75 Å². The zero-order chi connectivity index (χ0) is 15.7. The van der Waals surface area contributed by atoms with Crippen molar-refractivity contribution in [1.29, 1.82) is 0 Å². The van der Waals surface area contributed by atoms with E-state index in [2.05, 4.69) is 32.9 Å². The lowest BCUT2D eigenvalue weighted by molar-refractivity contribution is 0.197. The summed E-state index contributed by atoms with van der Waals surface area (Å²) in [5.41, 5.74) is 0. The van der Waals surface area contributed by atoms with Gasteiger partial charge in [-0.25, -0.2) is 0 Å². The second-order valence-corrected chi connectivity index (χ2v) is 6.99. The number of hydrogen-bond donors (Lipinski definition) is 0. The minimum atomic E-state index is 0.233. The van der Waals surface area contributed by atoms with Crippen LogP contribution >= 0.6 is 12.0 Å². The highest BCUT2D eigenvalue weighted by Crippen LogP contribution is 2.25. The van der Waals surface area contributed by atoms with Crippen molar-refractivity contribution in [2.75, 3.05) is 6.61 Å². The lowest BCUT2D eigenvalue weighted by atomic mass is 9.91. The summed E-state index contributed by atoms with van der Waals surface area (Å²) in [5, 5.41) is 0. The molecule has 1 unspecified atom stereocenters. The molecule has 0 saturated carbocycles. The molecule has 1 aromatic rings. The summed E-state index contributed by atoms with van der Waals surface area (Å²) in [6.07, 6.45) is 4.03. The number of unbranched alkanes of at least 4 members (excludes halogenated alkanes) is 1. The normalized spacial score (nSPS) is 12.9. The largest absolute Gasteiger partial charge is 0.493 e. The van der Waals surface area contributed by atoms with Crippen LogP contribution in [0, 0.1) is 11.8 Å². The van der Waals surface area contributed by atoms with E-state index in [0.717, 1.165) is 17.3 Å². The van der Waals surface area contributed by atoms with Crippen LogP contribution in [0.4, 0.5) is 0 Å². The molecule has 0 aliphatic rings. The summed E-state index contributed by atoms with van der Waals surface area (Å²) in [7, 11) is 0. The maximum atomic E-state index is 5.96. The van der Waals surface area contributed by atoms with Crippen molar-refractivity contribution >= 4 is 12.0 Å². The zero-order valence-corrected chi connectivity index (χ0v) is 14.9. The molecule has 0 fully saturated rings. The first-order valence-corrected chi connectivity index (χ1v) is 8.83. The van der Waals surface area contributed by atoms with Crippen molar-refractivity contribution < 1.29 is 8.92 Å². The van der Waals surface area contributed by atoms with Crippen LogP contribution in [0.1, 0.15) is 53.9 Å². The molecule has 0 aromatic heterocycles. The summed E-state index contributed by atoms with van der Waals surface area (Å²) in [6.45, 7) is 11.7. The Bertz CT molecular complexity index is 373. The molecule has 21 heavy (non-hydrogen) atoms. The molecule has 1 aromatic carbocycles. The van der Waals surface area contributed by atoms with Gasteiger partial charge in [0, 0.05) is 16.9 Å². The molecular weight excluding hydrogens is 280 g/mol. The summed E-state index contributed by atoms with van der Waals surface area (Å²) in [5.74, 6) is 2.26. The van der Waals surface area contributed by atoms with Gasteiger partial charge in [0.2, 0.25) is 0 Å². The molecule has 1 rings (SSSR count). The highest BCUT2D eigenvalue weighted by atomic mass is 32.2. The molecule has 0 heterocycles. The van der Waals surface area contributed by atoms with E-state index in [1.54, 1.807) is 0 Å². The standard InChI is InChI=1S/C18H30O2S/c1-6-7-8-16(14(2)3)13-19-17-9-11-18(12-10-17)21-20-15(4)5/h9-12,14-16H,6-8,13H2,1-5H3. The van der Waals surface area contributed by atoms with E-state index in [1.165, 1.54) is 31.3 Å². The monoisotopic (exact) mass is 310 g/mol. The lowest BCUT2D eigenvalue weighted by Crippen LogP contribution is -2.17. The average Bonchev–Trinajstić information content (AvgIpc) is 2.46. The fourth-order valence-electron chi connectivity index (χ4n) is 2.02. The summed E-state index contributed by atoms with van der Waals surface area (Å²) >= 11 is 1.42. The minimum Gasteiger partial charge on any atom is -0.493 e. The molecule has 0 spiro atoms. The Morgan fingerprint density at radius 1 is 1.05 bits per heavy atom. The summed E-state index contributed by atoms with van der Waals surface area (Å²) in [4.78, 5) is 1.11. The van der Waals surface area contributed by atoms with Gasteiger partial charge in [-0.1, -0.05) is 33.6 Å².